The van der Waals surface area contributed by atoms with E-state index in [0.717, 1.165) is 25.9 Å². The molecule has 120 valence electrons. The number of aliphatic carboxylic acids is 1. The summed E-state index contributed by atoms with van der Waals surface area (Å²) in [6, 6.07) is 0.327. The number of nitrogens with zero attached hydrogens (tertiary/aromatic N) is 2. The van der Waals surface area contributed by atoms with E-state index in [0.29, 0.717) is 24.9 Å². The first kappa shape index (κ1) is 16.1. The molecule has 2 amide bonds. The van der Waals surface area contributed by atoms with E-state index < -0.39 is 11.5 Å². The van der Waals surface area contributed by atoms with E-state index in [1.807, 2.05) is 0 Å². The van der Waals surface area contributed by atoms with Gasteiger partial charge in [-0.2, -0.15) is 0 Å². The molecule has 0 spiro atoms. The molecule has 2 N–H and O–H groups in total. The fraction of sp³-hybridized carbons (Fsp3) is 0.867. The molecule has 0 aromatic heterocycles. The molecule has 2 heterocycles. The summed E-state index contributed by atoms with van der Waals surface area (Å²) in [5.74, 6) is -0.466. The van der Waals surface area contributed by atoms with Crippen LogP contribution >= 0.6 is 0 Å². The Morgan fingerprint density at radius 2 is 2.05 bits per heavy atom. The van der Waals surface area contributed by atoms with Gasteiger partial charge in [-0.3, -0.25) is 0 Å². The van der Waals surface area contributed by atoms with Crippen molar-refractivity contribution in [2.75, 3.05) is 26.7 Å². The van der Waals surface area contributed by atoms with Gasteiger partial charge in [0.05, 0.1) is 0 Å². The van der Waals surface area contributed by atoms with Crippen LogP contribution < -0.4 is 5.32 Å². The maximum absolute atomic E-state index is 12.4. The second-order valence-electron chi connectivity index (χ2n) is 6.61. The topological polar surface area (TPSA) is 72.9 Å². The van der Waals surface area contributed by atoms with Crippen molar-refractivity contribution < 1.29 is 14.7 Å². The molecule has 2 saturated heterocycles. The summed E-state index contributed by atoms with van der Waals surface area (Å²) in [4.78, 5) is 27.9. The van der Waals surface area contributed by atoms with Gasteiger partial charge in [-0.05, 0) is 52.1 Å². The Kier molecular flexibility index (Phi) is 4.76. The monoisotopic (exact) mass is 297 g/mol. The fourth-order valence-electron chi connectivity index (χ4n) is 3.45. The molecular formula is C15H27N3O3. The molecule has 6 nitrogen and oxygen atoms in total. The number of hydrogen-bond acceptors (Lipinski definition) is 3. The number of amides is 2. The van der Waals surface area contributed by atoms with Crippen LogP contribution in [0.4, 0.5) is 4.79 Å². The third-order valence-corrected chi connectivity index (χ3v) is 5.19. The molecule has 2 aliphatic rings. The quantitative estimate of drug-likeness (QED) is 0.825. The summed E-state index contributed by atoms with van der Waals surface area (Å²) < 4.78 is 0. The predicted octanol–water partition coefficient (Wildman–Crippen LogP) is 1.37. The van der Waals surface area contributed by atoms with Gasteiger partial charge in [0.1, 0.15) is 5.54 Å². The lowest BCUT2D eigenvalue weighted by atomic mass is 9.84. The molecule has 6 heteroatoms. The highest BCUT2D eigenvalue weighted by atomic mass is 16.4. The van der Waals surface area contributed by atoms with Crippen LogP contribution in [0.3, 0.4) is 0 Å². The van der Waals surface area contributed by atoms with Crippen molar-refractivity contribution in [3.05, 3.63) is 0 Å². The van der Waals surface area contributed by atoms with Crippen LogP contribution in [0.15, 0.2) is 0 Å². The summed E-state index contributed by atoms with van der Waals surface area (Å²) in [5.41, 5.74) is -1.18. The van der Waals surface area contributed by atoms with E-state index in [1.54, 1.807) is 18.7 Å². The van der Waals surface area contributed by atoms with Gasteiger partial charge in [0.2, 0.25) is 0 Å². The molecular weight excluding hydrogens is 270 g/mol. The predicted molar refractivity (Wildman–Crippen MR) is 80.2 cm³/mol. The summed E-state index contributed by atoms with van der Waals surface area (Å²) in [7, 11) is 2.16. The van der Waals surface area contributed by atoms with Crippen molar-refractivity contribution in [1.29, 1.82) is 0 Å². The van der Waals surface area contributed by atoms with Gasteiger partial charge < -0.3 is 20.2 Å². The molecule has 2 rings (SSSR count). The molecule has 2 aliphatic heterocycles. The summed E-state index contributed by atoms with van der Waals surface area (Å²) in [5, 5.41) is 12.0. The number of urea groups is 1. The molecule has 0 aliphatic carbocycles. The SMILES string of the molecule is CCC(C)(NC(=O)N1CCC2C(CCCN2C)C1)C(=O)O. The Bertz CT molecular complexity index is 415. The Morgan fingerprint density at radius 1 is 1.33 bits per heavy atom. The lowest BCUT2D eigenvalue weighted by Crippen LogP contribution is -2.60. The van der Waals surface area contributed by atoms with E-state index >= 15 is 0 Å². The first-order valence-electron chi connectivity index (χ1n) is 7.88. The van der Waals surface area contributed by atoms with Crippen molar-refractivity contribution in [1.82, 2.24) is 15.1 Å². The number of fused-ring (bicyclic) bond motifs is 1. The van der Waals surface area contributed by atoms with Crippen LogP contribution in [0, 0.1) is 5.92 Å². The van der Waals surface area contributed by atoms with E-state index in [2.05, 4.69) is 17.3 Å². The summed E-state index contributed by atoms with van der Waals surface area (Å²) >= 11 is 0. The van der Waals surface area contributed by atoms with Crippen LogP contribution in [0.2, 0.25) is 0 Å². The third-order valence-electron chi connectivity index (χ3n) is 5.19. The first-order chi connectivity index (χ1) is 9.87. The van der Waals surface area contributed by atoms with E-state index in [-0.39, 0.29) is 6.03 Å². The van der Waals surface area contributed by atoms with E-state index in [4.69, 9.17) is 0 Å². The highest BCUT2D eigenvalue weighted by Gasteiger charge is 2.38. The average Bonchev–Trinajstić information content (AvgIpc) is 2.46. The maximum Gasteiger partial charge on any atom is 0.329 e. The molecule has 0 radical (unpaired) electrons. The largest absolute Gasteiger partial charge is 0.480 e. The van der Waals surface area contributed by atoms with Crippen molar-refractivity contribution in [3.63, 3.8) is 0 Å². The normalized spacial score (nSPS) is 29.4. The van der Waals surface area contributed by atoms with Gasteiger partial charge >= 0.3 is 12.0 Å². The molecule has 0 saturated carbocycles. The van der Waals surface area contributed by atoms with E-state index in [9.17, 15) is 14.7 Å². The summed E-state index contributed by atoms with van der Waals surface area (Å²) in [6.45, 7) is 5.92. The fourth-order valence-corrected chi connectivity index (χ4v) is 3.45. The lowest BCUT2D eigenvalue weighted by Gasteiger charge is -2.46. The van der Waals surface area contributed by atoms with Gasteiger partial charge in [0.25, 0.3) is 0 Å². The minimum absolute atomic E-state index is 0.242. The Morgan fingerprint density at radius 3 is 2.67 bits per heavy atom. The van der Waals surface area contributed by atoms with Crippen molar-refractivity contribution in [2.45, 2.75) is 51.1 Å². The zero-order chi connectivity index (χ0) is 15.6. The van der Waals surface area contributed by atoms with Crippen LogP contribution in [-0.2, 0) is 4.79 Å². The number of carbonyl (C=O) groups is 2. The van der Waals surface area contributed by atoms with E-state index in [1.165, 1.54) is 6.42 Å². The molecule has 0 aromatic rings. The zero-order valence-electron chi connectivity index (χ0n) is 13.3. The van der Waals surface area contributed by atoms with Crippen LogP contribution in [-0.4, -0.2) is 65.2 Å². The molecule has 3 unspecified atom stereocenters. The van der Waals surface area contributed by atoms with Gasteiger partial charge in [-0.25, -0.2) is 9.59 Å². The Balaban J connectivity index is 1.97. The third kappa shape index (κ3) is 3.31. The van der Waals surface area contributed by atoms with Gasteiger partial charge in [-0.1, -0.05) is 6.92 Å². The number of piperidine rings is 2. The number of carboxylic acid groups (broad SMARTS) is 1. The number of hydrogen-bond donors (Lipinski definition) is 2. The number of likely N-dealkylation sites (tertiary alicyclic amines) is 2. The second-order valence-corrected chi connectivity index (χ2v) is 6.61. The minimum Gasteiger partial charge on any atom is -0.480 e. The first-order valence-corrected chi connectivity index (χ1v) is 7.88. The number of nitrogens with one attached hydrogen (secondary N) is 1. The molecule has 21 heavy (non-hydrogen) atoms. The van der Waals surface area contributed by atoms with Crippen molar-refractivity contribution >= 4 is 12.0 Å². The summed E-state index contributed by atoms with van der Waals surface area (Å²) in [6.07, 6.45) is 3.68. The van der Waals surface area contributed by atoms with Gasteiger partial charge in [-0.15, -0.1) is 0 Å². The second kappa shape index (κ2) is 6.22. The van der Waals surface area contributed by atoms with Crippen LogP contribution in [0.25, 0.3) is 0 Å². The lowest BCUT2D eigenvalue weighted by molar-refractivity contribution is -0.143. The van der Waals surface area contributed by atoms with Gasteiger partial charge in [0, 0.05) is 19.1 Å². The Labute approximate surface area is 126 Å². The van der Waals surface area contributed by atoms with Gasteiger partial charge in [0.15, 0.2) is 0 Å². The molecule has 2 fully saturated rings. The standard InChI is InChI=1S/C15H27N3O3/c1-4-15(2,13(19)20)16-14(21)18-9-7-12-11(10-18)6-5-8-17(12)3/h11-12H,4-10H2,1-3H3,(H,16,21)(H,19,20). The number of rotatable bonds is 3. The average molecular weight is 297 g/mol. The van der Waals surface area contributed by atoms with Crippen molar-refractivity contribution in [2.24, 2.45) is 5.92 Å². The number of carboxylic acids is 1. The van der Waals surface area contributed by atoms with Crippen LogP contribution in [0.5, 0.6) is 0 Å². The maximum atomic E-state index is 12.4. The van der Waals surface area contributed by atoms with Crippen molar-refractivity contribution in [3.8, 4) is 0 Å². The minimum atomic E-state index is -1.18. The van der Waals surface area contributed by atoms with Crippen LogP contribution in [0.1, 0.15) is 39.5 Å². The zero-order valence-corrected chi connectivity index (χ0v) is 13.3. The highest BCUT2D eigenvalue weighted by molar-refractivity contribution is 5.85. The highest BCUT2D eigenvalue weighted by Crippen LogP contribution is 2.29. The molecule has 0 aromatic carbocycles. The molecule has 0 bridgehead atoms. The number of carbonyl (C=O) groups excluding carboxylic acids is 1. The smallest absolute Gasteiger partial charge is 0.329 e. The Hall–Kier alpha value is -1.30. The molecule has 3 atom stereocenters.